The molecular formula is C14H29NO3. The highest BCUT2D eigenvalue weighted by molar-refractivity contribution is 5.66. The maximum absolute atomic E-state index is 11.2. The quantitative estimate of drug-likeness (QED) is 0.579. The molecular weight excluding hydrogens is 230 g/mol. The van der Waals surface area contributed by atoms with Gasteiger partial charge in [-0.15, -0.1) is 0 Å². The van der Waals surface area contributed by atoms with Crippen LogP contribution in [-0.2, 0) is 9.47 Å². The van der Waals surface area contributed by atoms with Crippen LogP contribution in [-0.4, -0.2) is 32.5 Å². The predicted molar refractivity (Wildman–Crippen MR) is 73.8 cm³/mol. The molecule has 0 atom stereocenters. The molecule has 0 aliphatic heterocycles. The van der Waals surface area contributed by atoms with E-state index in [0.717, 1.165) is 25.9 Å². The maximum atomic E-state index is 11.2. The first kappa shape index (κ1) is 17.2. The van der Waals surface area contributed by atoms with E-state index in [4.69, 9.17) is 9.47 Å². The van der Waals surface area contributed by atoms with Crippen molar-refractivity contribution in [3.63, 3.8) is 0 Å². The van der Waals surface area contributed by atoms with Crippen LogP contribution in [0.2, 0.25) is 0 Å². The molecule has 0 radical (unpaired) electrons. The standard InChI is InChI=1S/C14H29NO3/c1-4-5-6-7-9-15-14(16)18-12-11-17-10-8-13(2)3/h13H,4-12H2,1-3H3,(H,15,16). The first-order chi connectivity index (χ1) is 8.66. The fourth-order valence-electron chi connectivity index (χ4n) is 1.41. The summed E-state index contributed by atoms with van der Waals surface area (Å²) in [6.45, 7) is 8.74. The molecule has 0 spiro atoms. The molecule has 0 rings (SSSR count). The monoisotopic (exact) mass is 259 g/mol. The number of hydrogen-bond acceptors (Lipinski definition) is 3. The Morgan fingerprint density at radius 2 is 1.89 bits per heavy atom. The lowest BCUT2D eigenvalue weighted by atomic mass is 10.1. The van der Waals surface area contributed by atoms with E-state index in [2.05, 4.69) is 26.1 Å². The zero-order valence-electron chi connectivity index (χ0n) is 12.2. The third-order valence-corrected chi connectivity index (χ3v) is 2.60. The maximum Gasteiger partial charge on any atom is 0.407 e. The average Bonchev–Trinajstić information content (AvgIpc) is 2.33. The van der Waals surface area contributed by atoms with Crippen LogP contribution in [0.15, 0.2) is 0 Å². The summed E-state index contributed by atoms with van der Waals surface area (Å²) in [7, 11) is 0. The van der Waals surface area contributed by atoms with Crippen molar-refractivity contribution < 1.29 is 14.3 Å². The summed E-state index contributed by atoms with van der Waals surface area (Å²) in [6.07, 6.45) is 5.32. The smallest absolute Gasteiger partial charge is 0.407 e. The first-order valence-corrected chi connectivity index (χ1v) is 7.15. The number of nitrogens with one attached hydrogen (secondary N) is 1. The van der Waals surface area contributed by atoms with Crippen molar-refractivity contribution in [2.24, 2.45) is 5.92 Å². The van der Waals surface area contributed by atoms with E-state index >= 15 is 0 Å². The van der Waals surface area contributed by atoms with Crippen molar-refractivity contribution in [3.05, 3.63) is 0 Å². The van der Waals surface area contributed by atoms with Gasteiger partial charge in [-0.25, -0.2) is 4.79 Å². The summed E-state index contributed by atoms with van der Waals surface area (Å²) in [5.41, 5.74) is 0. The number of hydrogen-bond donors (Lipinski definition) is 1. The van der Waals surface area contributed by atoms with Crippen molar-refractivity contribution >= 4 is 6.09 Å². The van der Waals surface area contributed by atoms with Crippen LogP contribution in [0.1, 0.15) is 52.9 Å². The van der Waals surface area contributed by atoms with Gasteiger partial charge in [0.2, 0.25) is 0 Å². The second-order valence-electron chi connectivity index (χ2n) is 4.92. The van der Waals surface area contributed by atoms with Crippen LogP contribution >= 0.6 is 0 Å². The number of amides is 1. The van der Waals surface area contributed by atoms with E-state index in [1.54, 1.807) is 0 Å². The van der Waals surface area contributed by atoms with E-state index in [0.29, 0.717) is 25.7 Å². The van der Waals surface area contributed by atoms with E-state index in [1.165, 1.54) is 12.8 Å². The van der Waals surface area contributed by atoms with Gasteiger partial charge in [0.25, 0.3) is 0 Å². The Kier molecular flexibility index (Phi) is 12.1. The molecule has 1 amide bonds. The molecule has 18 heavy (non-hydrogen) atoms. The van der Waals surface area contributed by atoms with Crippen LogP contribution in [0, 0.1) is 5.92 Å². The van der Waals surface area contributed by atoms with Gasteiger partial charge in [-0.2, -0.15) is 0 Å². The number of ether oxygens (including phenoxy) is 2. The van der Waals surface area contributed by atoms with E-state index in [1.807, 2.05) is 0 Å². The SMILES string of the molecule is CCCCCCNC(=O)OCCOCCC(C)C. The zero-order valence-corrected chi connectivity index (χ0v) is 12.2. The summed E-state index contributed by atoms with van der Waals surface area (Å²) in [6, 6.07) is 0. The number of rotatable bonds is 11. The molecule has 0 fully saturated rings. The minimum Gasteiger partial charge on any atom is -0.447 e. The molecule has 0 aromatic carbocycles. The molecule has 108 valence electrons. The van der Waals surface area contributed by atoms with Gasteiger partial charge in [-0.3, -0.25) is 0 Å². The van der Waals surface area contributed by atoms with Crippen molar-refractivity contribution in [2.45, 2.75) is 52.9 Å². The molecule has 0 aromatic heterocycles. The summed E-state index contributed by atoms with van der Waals surface area (Å²) in [5.74, 6) is 0.650. The topological polar surface area (TPSA) is 47.6 Å². The molecule has 1 N–H and O–H groups in total. The molecule has 0 aliphatic rings. The molecule has 0 unspecified atom stereocenters. The number of unbranched alkanes of at least 4 members (excludes halogenated alkanes) is 3. The van der Waals surface area contributed by atoms with Gasteiger partial charge in [0, 0.05) is 13.2 Å². The summed E-state index contributed by atoms with van der Waals surface area (Å²) in [5, 5.41) is 2.73. The van der Waals surface area contributed by atoms with E-state index in [-0.39, 0.29) is 6.09 Å². The second-order valence-corrected chi connectivity index (χ2v) is 4.92. The Morgan fingerprint density at radius 3 is 2.56 bits per heavy atom. The van der Waals surface area contributed by atoms with Gasteiger partial charge in [0.05, 0.1) is 6.61 Å². The Bertz CT molecular complexity index is 195. The molecule has 0 aliphatic carbocycles. The lowest BCUT2D eigenvalue weighted by Crippen LogP contribution is -2.26. The fourth-order valence-corrected chi connectivity index (χ4v) is 1.41. The minimum atomic E-state index is -0.334. The highest BCUT2D eigenvalue weighted by atomic mass is 16.6. The highest BCUT2D eigenvalue weighted by Crippen LogP contribution is 1.99. The summed E-state index contributed by atoms with van der Waals surface area (Å²) in [4.78, 5) is 11.2. The van der Waals surface area contributed by atoms with Gasteiger partial charge in [0.1, 0.15) is 6.61 Å². The van der Waals surface area contributed by atoms with Crippen LogP contribution in [0.25, 0.3) is 0 Å². The Hall–Kier alpha value is -0.770. The normalized spacial score (nSPS) is 10.7. The Balaban J connectivity index is 3.17. The highest BCUT2D eigenvalue weighted by Gasteiger charge is 2.00. The molecule has 0 saturated heterocycles. The number of alkyl carbamates (subject to hydrolysis) is 1. The Morgan fingerprint density at radius 1 is 1.11 bits per heavy atom. The largest absolute Gasteiger partial charge is 0.447 e. The first-order valence-electron chi connectivity index (χ1n) is 7.15. The van der Waals surface area contributed by atoms with Crippen molar-refractivity contribution in [3.8, 4) is 0 Å². The van der Waals surface area contributed by atoms with E-state index in [9.17, 15) is 4.79 Å². The molecule has 0 saturated carbocycles. The number of carbonyl (C=O) groups excluding carboxylic acids is 1. The molecule has 4 heteroatoms. The van der Waals surface area contributed by atoms with Gasteiger partial charge in [-0.1, -0.05) is 40.0 Å². The van der Waals surface area contributed by atoms with Crippen LogP contribution in [0.4, 0.5) is 4.79 Å². The lowest BCUT2D eigenvalue weighted by molar-refractivity contribution is 0.0680. The fraction of sp³-hybridized carbons (Fsp3) is 0.929. The third kappa shape index (κ3) is 13.3. The molecule has 0 aromatic rings. The van der Waals surface area contributed by atoms with Gasteiger partial charge < -0.3 is 14.8 Å². The van der Waals surface area contributed by atoms with Gasteiger partial charge >= 0.3 is 6.09 Å². The predicted octanol–water partition coefficient (Wildman–Crippen LogP) is 3.36. The van der Waals surface area contributed by atoms with Crippen LogP contribution < -0.4 is 5.32 Å². The summed E-state index contributed by atoms with van der Waals surface area (Å²) >= 11 is 0. The van der Waals surface area contributed by atoms with E-state index < -0.39 is 0 Å². The van der Waals surface area contributed by atoms with Crippen molar-refractivity contribution in [1.29, 1.82) is 0 Å². The third-order valence-electron chi connectivity index (χ3n) is 2.60. The summed E-state index contributed by atoms with van der Waals surface area (Å²) < 4.78 is 10.3. The zero-order chi connectivity index (χ0) is 13.6. The van der Waals surface area contributed by atoms with Crippen LogP contribution in [0.5, 0.6) is 0 Å². The molecule has 4 nitrogen and oxygen atoms in total. The van der Waals surface area contributed by atoms with Gasteiger partial charge in [-0.05, 0) is 18.8 Å². The van der Waals surface area contributed by atoms with Crippen LogP contribution in [0.3, 0.4) is 0 Å². The van der Waals surface area contributed by atoms with Crippen molar-refractivity contribution in [2.75, 3.05) is 26.4 Å². The lowest BCUT2D eigenvalue weighted by Gasteiger charge is -2.08. The van der Waals surface area contributed by atoms with Gasteiger partial charge in [0.15, 0.2) is 0 Å². The molecule has 0 heterocycles. The molecule has 0 bridgehead atoms. The second kappa shape index (κ2) is 12.7. The number of carbonyl (C=O) groups is 1. The van der Waals surface area contributed by atoms with Crippen molar-refractivity contribution in [1.82, 2.24) is 5.32 Å². The minimum absolute atomic E-state index is 0.332. The Labute approximate surface area is 111 Å². The average molecular weight is 259 g/mol.